The molecule has 3 aliphatic heterocycles. The van der Waals surface area contributed by atoms with Crippen molar-refractivity contribution < 1.29 is 27.5 Å². The molecule has 5 rings (SSSR count). The van der Waals surface area contributed by atoms with E-state index in [2.05, 4.69) is 4.98 Å². The first-order chi connectivity index (χ1) is 18.6. The zero-order valence-electron chi connectivity index (χ0n) is 22.8. The van der Waals surface area contributed by atoms with Crippen LogP contribution in [0, 0.1) is 5.82 Å². The van der Waals surface area contributed by atoms with Crippen molar-refractivity contribution >= 4 is 31.0 Å². The van der Waals surface area contributed by atoms with Gasteiger partial charge in [0, 0.05) is 51.4 Å². The molecule has 1 aromatic heterocycles. The summed E-state index contributed by atoms with van der Waals surface area (Å²) < 4.78 is 44.6. The first kappa shape index (κ1) is 27.6. The highest BCUT2D eigenvalue weighted by atomic mass is 31.2. The first-order valence-electron chi connectivity index (χ1n) is 13.3. The van der Waals surface area contributed by atoms with Crippen LogP contribution in [0.4, 0.5) is 21.8 Å². The minimum atomic E-state index is -3.50. The van der Waals surface area contributed by atoms with Gasteiger partial charge in [0.1, 0.15) is 17.4 Å². The highest BCUT2D eigenvalue weighted by Crippen LogP contribution is 2.51. The highest BCUT2D eigenvalue weighted by Gasteiger charge is 2.53. The van der Waals surface area contributed by atoms with Gasteiger partial charge in [-0.25, -0.2) is 4.39 Å². The van der Waals surface area contributed by atoms with Gasteiger partial charge in [-0.3, -0.25) is 19.1 Å². The number of hydrogen-bond donors (Lipinski definition) is 1. The van der Waals surface area contributed by atoms with E-state index in [0.29, 0.717) is 60.9 Å². The lowest BCUT2D eigenvalue weighted by Gasteiger charge is -2.39. The quantitative estimate of drug-likeness (QED) is 0.482. The van der Waals surface area contributed by atoms with Gasteiger partial charge < -0.3 is 28.5 Å². The summed E-state index contributed by atoms with van der Waals surface area (Å²) in [6.45, 7) is 5.45. The Morgan fingerprint density at radius 1 is 1.10 bits per heavy atom. The summed E-state index contributed by atoms with van der Waals surface area (Å²) >= 11 is 0. The van der Waals surface area contributed by atoms with Crippen LogP contribution in [-0.4, -0.2) is 69.2 Å². The number of carbonyl (C=O) groups is 1. The van der Waals surface area contributed by atoms with Crippen LogP contribution >= 0.6 is 7.60 Å². The fourth-order valence-electron chi connectivity index (χ4n) is 5.91. The average Bonchev–Trinajstić information content (AvgIpc) is 3.11. The van der Waals surface area contributed by atoms with Gasteiger partial charge >= 0.3 is 7.60 Å². The Hall–Kier alpha value is -2.95. The van der Waals surface area contributed by atoms with Crippen LogP contribution in [0.3, 0.4) is 0 Å². The van der Waals surface area contributed by atoms with Crippen LogP contribution in [0.2, 0.25) is 0 Å². The Morgan fingerprint density at radius 3 is 2.46 bits per heavy atom. The van der Waals surface area contributed by atoms with Gasteiger partial charge in [0.2, 0.25) is 11.9 Å². The Balaban J connectivity index is 1.38. The molecular formula is C26H35FN5O6P. The number of nitrogens with zero attached hydrogens (tertiary/aromatic N) is 4. The third kappa shape index (κ3) is 4.83. The Kier molecular flexibility index (Phi) is 7.47. The number of carbonyl (C=O) groups excluding carboxylic acids is 1. The van der Waals surface area contributed by atoms with E-state index in [9.17, 15) is 14.2 Å². The molecule has 0 saturated carbocycles. The van der Waals surface area contributed by atoms with E-state index in [4.69, 9.17) is 18.8 Å². The fourth-order valence-corrected chi connectivity index (χ4v) is 7.23. The van der Waals surface area contributed by atoms with Gasteiger partial charge in [0.15, 0.2) is 6.35 Å². The zero-order valence-corrected chi connectivity index (χ0v) is 23.7. The topological polar surface area (TPSA) is 117 Å². The molecule has 2 aromatic rings. The van der Waals surface area contributed by atoms with Gasteiger partial charge in [-0.1, -0.05) is 0 Å². The Morgan fingerprint density at radius 2 is 1.79 bits per heavy atom. The number of aromatic nitrogens is 2. The van der Waals surface area contributed by atoms with E-state index in [1.54, 1.807) is 27.0 Å². The Labute approximate surface area is 226 Å². The number of benzene rings is 1. The molecule has 1 spiro atoms. The number of amides is 1. The number of H-pyrrole nitrogens is 1. The van der Waals surface area contributed by atoms with Crippen LogP contribution < -0.4 is 25.0 Å². The number of halogens is 1. The van der Waals surface area contributed by atoms with Crippen molar-refractivity contribution in [2.75, 3.05) is 68.0 Å². The second-order valence-electron chi connectivity index (χ2n) is 10.2. The standard InChI is InChI=1S/C26H35FN5O6P/c1-5-37-39(35,38-6-2)16-36-17-14-19(27)21-20(15-17)31(4)24(34)26(21)9-12-32(13-10-26)25-28-22-18(23(33)29-25)8-7-11-30(22)3/h14-15H,5-13,16H2,1-4H3,(H,28,29,33). The lowest BCUT2D eigenvalue weighted by Crippen LogP contribution is -2.49. The van der Waals surface area contributed by atoms with Crippen LogP contribution in [-0.2, 0) is 30.2 Å². The molecule has 0 atom stereocenters. The number of ether oxygens (including phenoxy) is 1. The SMILES string of the molecule is CCOP(=O)(COc1cc(F)c2c(c1)N(C)C(=O)C21CCN(c2nc3c(c(=O)[nH]2)CCCN3C)CC1)OCC. The molecule has 1 N–H and O–H groups in total. The molecule has 1 fully saturated rings. The summed E-state index contributed by atoms with van der Waals surface area (Å²) in [5.74, 6) is 0.560. The lowest BCUT2D eigenvalue weighted by atomic mass is 9.73. The van der Waals surface area contributed by atoms with Crippen molar-refractivity contribution in [3.8, 4) is 5.75 Å². The summed E-state index contributed by atoms with van der Waals surface area (Å²) in [5.41, 5.74) is 0.294. The zero-order chi connectivity index (χ0) is 27.9. The smallest absolute Gasteiger partial charge is 0.367 e. The third-order valence-electron chi connectivity index (χ3n) is 7.82. The van der Waals surface area contributed by atoms with Gasteiger partial charge in [-0.2, -0.15) is 4.98 Å². The van der Waals surface area contributed by atoms with E-state index in [1.165, 1.54) is 11.0 Å². The summed E-state index contributed by atoms with van der Waals surface area (Å²) in [6, 6.07) is 2.82. The summed E-state index contributed by atoms with van der Waals surface area (Å²) in [5, 5.41) is 0. The largest absolute Gasteiger partial charge is 0.481 e. The number of aromatic amines is 1. The van der Waals surface area contributed by atoms with Crippen molar-refractivity contribution in [2.45, 2.75) is 44.9 Å². The number of rotatable bonds is 8. The molecule has 3 aliphatic rings. The second-order valence-corrected chi connectivity index (χ2v) is 12.2. The number of nitrogens with one attached hydrogen (secondary N) is 1. The van der Waals surface area contributed by atoms with E-state index in [-0.39, 0.29) is 36.8 Å². The molecule has 0 bridgehead atoms. The van der Waals surface area contributed by atoms with Crippen molar-refractivity contribution in [1.82, 2.24) is 9.97 Å². The van der Waals surface area contributed by atoms with Crippen LogP contribution in [0.15, 0.2) is 16.9 Å². The molecule has 1 amide bonds. The molecule has 1 aromatic carbocycles. The maximum atomic E-state index is 15.7. The van der Waals surface area contributed by atoms with Gasteiger partial charge in [0.25, 0.3) is 5.56 Å². The molecular weight excluding hydrogens is 528 g/mol. The van der Waals surface area contributed by atoms with Crippen LogP contribution in [0.25, 0.3) is 0 Å². The summed E-state index contributed by atoms with van der Waals surface area (Å²) in [4.78, 5) is 39.3. The minimum absolute atomic E-state index is 0.138. The van der Waals surface area contributed by atoms with E-state index >= 15 is 4.39 Å². The summed E-state index contributed by atoms with van der Waals surface area (Å²) in [6.07, 6.45) is 1.96. The second kappa shape index (κ2) is 10.6. The number of likely N-dealkylation sites (N-methyl/N-ethyl adjacent to an activating group) is 1. The summed E-state index contributed by atoms with van der Waals surface area (Å²) in [7, 11) is 0.0511. The lowest BCUT2D eigenvalue weighted by molar-refractivity contribution is -0.123. The first-order valence-corrected chi connectivity index (χ1v) is 15.1. The number of fused-ring (bicyclic) bond motifs is 3. The van der Waals surface area contributed by atoms with E-state index < -0.39 is 18.8 Å². The molecule has 13 heteroatoms. The number of hydrogen-bond acceptors (Lipinski definition) is 9. The molecule has 0 unspecified atom stereocenters. The molecule has 1 saturated heterocycles. The maximum absolute atomic E-state index is 15.7. The maximum Gasteiger partial charge on any atom is 0.367 e. The molecule has 4 heterocycles. The molecule has 212 valence electrons. The highest BCUT2D eigenvalue weighted by molar-refractivity contribution is 7.53. The molecule has 39 heavy (non-hydrogen) atoms. The van der Waals surface area contributed by atoms with E-state index in [1.807, 2.05) is 16.8 Å². The number of anilines is 3. The van der Waals surface area contributed by atoms with Crippen molar-refractivity contribution in [3.05, 3.63) is 39.4 Å². The monoisotopic (exact) mass is 563 g/mol. The third-order valence-corrected chi connectivity index (χ3v) is 9.57. The van der Waals surface area contributed by atoms with Crippen LogP contribution in [0.5, 0.6) is 5.75 Å². The van der Waals surface area contributed by atoms with Gasteiger partial charge in [-0.15, -0.1) is 0 Å². The van der Waals surface area contributed by atoms with Crippen molar-refractivity contribution in [2.24, 2.45) is 0 Å². The van der Waals surface area contributed by atoms with Crippen LogP contribution in [0.1, 0.15) is 44.2 Å². The normalized spacial score (nSPS) is 18.5. The van der Waals surface area contributed by atoms with Crippen molar-refractivity contribution in [1.29, 1.82) is 0 Å². The van der Waals surface area contributed by atoms with Gasteiger partial charge in [0.05, 0.1) is 29.9 Å². The predicted octanol–water partition coefficient (Wildman–Crippen LogP) is 3.41. The minimum Gasteiger partial charge on any atom is -0.481 e. The predicted molar refractivity (Wildman–Crippen MR) is 146 cm³/mol. The van der Waals surface area contributed by atoms with E-state index in [0.717, 1.165) is 13.0 Å². The average molecular weight is 564 g/mol. The molecule has 11 nitrogen and oxygen atoms in total. The molecule has 0 aliphatic carbocycles. The van der Waals surface area contributed by atoms with Gasteiger partial charge in [-0.05, 0) is 39.5 Å². The fraction of sp³-hybridized carbons (Fsp3) is 0.577. The molecule has 0 radical (unpaired) electrons. The number of piperidine rings is 1. The van der Waals surface area contributed by atoms with Crippen molar-refractivity contribution in [3.63, 3.8) is 0 Å². The Bertz CT molecular complexity index is 1370.